The average molecular weight is 146 g/mol. The number of carbonyl (C=O) groups is 1. The van der Waals surface area contributed by atoms with E-state index in [1.165, 1.54) is 12.2 Å². The first-order chi connectivity index (χ1) is 4.31. The fraction of sp³-hybridized carbons (Fsp3) is 0.857. The van der Waals surface area contributed by atoms with E-state index in [2.05, 4.69) is 6.92 Å². The van der Waals surface area contributed by atoms with E-state index in [9.17, 15) is 4.79 Å². The minimum absolute atomic E-state index is 0.238. The van der Waals surface area contributed by atoms with Gasteiger partial charge in [-0.1, -0.05) is 13.8 Å². The Morgan fingerprint density at radius 1 is 1.67 bits per heavy atom. The van der Waals surface area contributed by atoms with Crippen LogP contribution in [-0.2, 0) is 4.79 Å². The molecule has 0 saturated carbocycles. The maximum Gasteiger partial charge on any atom is 0.123 e. The molecule has 0 aliphatic rings. The van der Waals surface area contributed by atoms with Crippen molar-refractivity contribution in [3.8, 4) is 0 Å². The van der Waals surface area contributed by atoms with Crippen LogP contribution in [0.1, 0.15) is 20.3 Å². The lowest BCUT2D eigenvalue weighted by molar-refractivity contribution is -0.110. The lowest BCUT2D eigenvalue weighted by Crippen LogP contribution is -1.98. The number of hydrogen-bond acceptors (Lipinski definition) is 2. The standard InChI is InChI=1S/C7H14OS/c1-3-4-9-6-7(2)5-8/h5,7H,3-4,6H2,1-2H3. The van der Waals surface area contributed by atoms with Crippen LogP contribution in [0.15, 0.2) is 0 Å². The van der Waals surface area contributed by atoms with E-state index in [0.717, 1.165) is 12.0 Å². The monoisotopic (exact) mass is 146 g/mol. The van der Waals surface area contributed by atoms with Crippen LogP contribution >= 0.6 is 11.8 Å². The van der Waals surface area contributed by atoms with E-state index in [0.29, 0.717) is 0 Å². The third-order valence-corrected chi connectivity index (χ3v) is 2.42. The quantitative estimate of drug-likeness (QED) is 0.435. The second-order valence-corrected chi connectivity index (χ2v) is 3.34. The zero-order chi connectivity index (χ0) is 7.11. The second kappa shape index (κ2) is 6.14. The Balaban J connectivity index is 2.96. The van der Waals surface area contributed by atoms with Gasteiger partial charge in [0, 0.05) is 11.7 Å². The smallest absolute Gasteiger partial charge is 0.123 e. The molecule has 0 radical (unpaired) electrons. The predicted octanol–water partition coefficient (Wildman–Crippen LogP) is 1.96. The molecule has 1 atom stereocenters. The molecule has 54 valence electrons. The van der Waals surface area contributed by atoms with Crippen LogP contribution in [0.2, 0.25) is 0 Å². The number of aldehydes is 1. The first-order valence-electron chi connectivity index (χ1n) is 3.34. The highest BCUT2D eigenvalue weighted by Gasteiger charge is 1.96. The van der Waals surface area contributed by atoms with Crippen LogP contribution in [0.4, 0.5) is 0 Å². The van der Waals surface area contributed by atoms with Gasteiger partial charge in [0.2, 0.25) is 0 Å². The third kappa shape index (κ3) is 5.90. The van der Waals surface area contributed by atoms with Crippen molar-refractivity contribution in [2.75, 3.05) is 11.5 Å². The second-order valence-electron chi connectivity index (χ2n) is 2.19. The zero-order valence-electron chi connectivity index (χ0n) is 6.09. The summed E-state index contributed by atoms with van der Waals surface area (Å²) in [4.78, 5) is 10.1. The van der Waals surface area contributed by atoms with E-state index >= 15 is 0 Å². The van der Waals surface area contributed by atoms with Gasteiger partial charge in [-0.2, -0.15) is 11.8 Å². The van der Waals surface area contributed by atoms with E-state index in [-0.39, 0.29) is 5.92 Å². The van der Waals surface area contributed by atoms with Gasteiger partial charge in [0.05, 0.1) is 0 Å². The van der Waals surface area contributed by atoms with Gasteiger partial charge in [0.15, 0.2) is 0 Å². The normalized spacial score (nSPS) is 13.1. The molecule has 2 heteroatoms. The summed E-state index contributed by atoms with van der Waals surface area (Å²) in [5.41, 5.74) is 0. The molecule has 0 amide bonds. The molecule has 0 aromatic heterocycles. The van der Waals surface area contributed by atoms with Crippen LogP contribution in [-0.4, -0.2) is 17.8 Å². The Morgan fingerprint density at radius 2 is 2.33 bits per heavy atom. The Labute approximate surface area is 61.2 Å². The molecule has 1 nitrogen and oxygen atoms in total. The lowest BCUT2D eigenvalue weighted by Gasteiger charge is -1.99. The number of thioether (sulfide) groups is 1. The molecule has 0 heterocycles. The summed E-state index contributed by atoms with van der Waals surface area (Å²) < 4.78 is 0. The molecule has 9 heavy (non-hydrogen) atoms. The Bertz CT molecular complexity index is 73.3. The summed E-state index contributed by atoms with van der Waals surface area (Å²) in [7, 11) is 0. The van der Waals surface area contributed by atoms with Gasteiger partial charge in [-0.15, -0.1) is 0 Å². The SMILES string of the molecule is CCCSCC(C)C=O. The Morgan fingerprint density at radius 3 is 2.78 bits per heavy atom. The molecule has 0 spiro atoms. The van der Waals surface area contributed by atoms with Crippen molar-refractivity contribution in [2.24, 2.45) is 5.92 Å². The number of hydrogen-bond donors (Lipinski definition) is 0. The highest BCUT2D eigenvalue weighted by Crippen LogP contribution is 2.06. The number of carbonyl (C=O) groups excluding carboxylic acids is 1. The summed E-state index contributed by atoms with van der Waals surface area (Å²) in [6.45, 7) is 4.11. The minimum atomic E-state index is 0.238. The summed E-state index contributed by atoms with van der Waals surface area (Å²) in [6.07, 6.45) is 2.22. The fourth-order valence-electron chi connectivity index (χ4n) is 0.453. The molecule has 0 rings (SSSR count). The highest BCUT2D eigenvalue weighted by molar-refractivity contribution is 7.99. The first-order valence-corrected chi connectivity index (χ1v) is 4.49. The van der Waals surface area contributed by atoms with Crippen molar-refractivity contribution in [1.29, 1.82) is 0 Å². The van der Waals surface area contributed by atoms with E-state index in [1.807, 2.05) is 18.7 Å². The fourth-order valence-corrected chi connectivity index (χ4v) is 1.36. The molecule has 0 saturated heterocycles. The minimum Gasteiger partial charge on any atom is -0.303 e. The number of rotatable bonds is 5. The highest BCUT2D eigenvalue weighted by atomic mass is 32.2. The Hall–Kier alpha value is 0.0200. The summed E-state index contributed by atoms with van der Waals surface area (Å²) >= 11 is 1.85. The molecule has 0 aromatic rings. The largest absolute Gasteiger partial charge is 0.303 e. The summed E-state index contributed by atoms with van der Waals surface area (Å²) in [5.74, 6) is 2.40. The van der Waals surface area contributed by atoms with Crippen molar-refractivity contribution < 1.29 is 4.79 Å². The van der Waals surface area contributed by atoms with Gasteiger partial charge >= 0.3 is 0 Å². The molecule has 0 aromatic carbocycles. The maximum atomic E-state index is 10.1. The van der Waals surface area contributed by atoms with Crippen molar-refractivity contribution in [3.63, 3.8) is 0 Å². The van der Waals surface area contributed by atoms with Crippen LogP contribution < -0.4 is 0 Å². The van der Waals surface area contributed by atoms with Crippen molar-refractivity contribution in [1.82, 2.24) is 0 Å². The molecule has 0 aliphatic carbocycles. The Kier molecular flexibility index (Phi) is 6.16. The van der Waals surface area contributed by atoms with E-state index in [4.69, 9.17) is 0 Å². The van der Waals surface area contributed by atoms with Crippen molar-refractivity contribution in [3.05, 3.63) is 0 Å². The first kappa shape index (κ1) is 9.02. The predicted molar refractivity (Wildman–Crippen MR) is 42.8 cm³/mol. The summed E-state index contributed by atoms with van der Waals surface area (Å²) in [6, 6.07) is 0. The van der Waals surface area contributed by atoms with Gasteiger partial charge in [-0.25, -0.2) is 0 Å². The molecular weight excluding hydrogens is 132 g/mol. The molecule has 0 aliphatic heterocycles. The average Bonchev–Trinajstić information content (AvgIpc) is 1.89. The zero-order valence-corrected chi connectivity index (χ0v) is 6.91. The van der Waals surface area contributed by atoms with E-state index < -0.39 is 0 Å². The van der Waals surface area contributed by atoms with Gasteiger partial charge in [-0.3, -0.25) is 0 Å². The van der Waals surface area contributed by atoms with Crippen molar-refractivity contribution in [2.45, 2.75) is 20.3 Å². The van der Waals surface area contributed by atoms with Crippen LogP contribution in [0.5, 0.6) is 0 Å². The van der Waals surface area contributed by atoms with Gasteiger partial charge < -0.3 is 4.79 Å². The molecule has 0 bridgehead atoms. The van der Waals surface area contributed by atoms with E-state index in [1.54, 1.807) is 0 Å². The maximum absolute atomic E-state index is 10.1. The van der Waals surface area contributed by atoms with Crippen molar-refractivity contribution >= 4 is 18.0 Å². The topological polar surface area (TPSA) is 17.1 Å². The van der Waals surface area contributed by atoms with Crippen LogP contribution in [0.25, 0.3) is 0 Å². The van der Waals surface area contributed by atoms with Gasteiger partial charge in [0.25, 0.3) is 0 Å². The van der Waals surface area contributed by atoms with Gasteiger partial charge in [-0.05, 0) is 12.2 Å². The molecule has 1 unspecified atom stereocenters. The van der Waals surface area contributed by atoms with Crippen LogP contribution in [0, 0.1) is 5.92 Å². The molecule has 0 fully saturated rings. The molecule has 0 N–H and O–H groups in total. The lowest BCUT2D eigenvalue weighted by atomic mass is 10.3. The summed E-state index contributed by atoms with van der Waals surface area (Å²) in [5, 5.41) is 0. The van der Waals surface area contributed by atoms with Gasteiger partial charge in [0.1, 0.15) is 6.29 Å². The molecular formula is C7H14OS. The van der Waals surface area contributed by atoms with Crippen LogP contribution in [0.3, 0.4) is 0 Å². The third-order valence-electron chi connectivity index (χ3n) is 0.962.